The largest absolute Gasteiger partial charge is 0.506 e. The van der Waals surface area contributed by atoms with Crippen LogP contribution in [0.5, 0.6) is 11.5 Å². The van der Waals surface area contributed by atoms with E-state index < -0.39 is 0 Å². The van der Waals surface area contributed by atoms with Crippen LogP contribution in [-0.4, -0.2) is 5.11 Å². The second kappa shape index (κ2) is 4.90. The first-order valence-corrected chi connectivity index (χ1v) is 6.68. The number of phenols is 1. The molecule has 19 heavy (non-hydrogen) atoms. The van der Waals surface area contributed by atoms with Gasteiger partial charge in [0.25, 0.3) is 0 Å². The van der Waals surface area contributed by atoms with Gasteiger partial charge in [-0.1, -0.05) is 12.1 Å². The molecule has 0 radical (unpaired) electrons. The highest BCUT2D eigenvalue weighted by atomic mass is 32.1. The van der Waals surface area contributed by atoms with Crippen molar-refractivity contribution in [2.75, 3.05) is 0 Å². The van der Waals surface area contributed by atoms with Crippen molar-refractivity contribution in [3.05, 3.63) is 59.2 Å². The second-order valence-electron chi connectivity index (χ2n) is 4.16. The van der Waals surface area contributed by atoms with E-state index in [9.17, 15) is 9.50 Å². The zero-order chi connectivity index (χ0) is 13.2. The van der Waals surface area contributed by atoms with E-state index in [1.807, 2.05) is 17.5 Å². The third-order valence-electron chi connectivity index (χ3n) is 2.87. The maximum absolute atomic E-state index is 12.8. The number of benzene rings is 2. The van der Waals surface area contributed by atoms with Crippen LogP contribution in [0.4, 0.5) is 4.39 Å². The number of hydrogen-bond acceptors (Lipinski definition) is 3. The minimum Gasteiger partial charge on any atom is -0.506 e. The monoisotopic (exact) mass is 274 g/mol. The molecule has 0 spiro atoms. The van der Waals surface area contributed by atoms with Gasteiger partial charge in [-0.3, -0.25) is 0 Å². The Bertz CT molecular complexity index is 704. The summed E-state index contributed by atoms with van der Waals surface area (Å²) in [5.41, 5.74) is 1.01. The van der Waals surface area contributed by atoms with Crippen molar-refractivity contribution in [1.82, 2.24) is 0 Å². The third kappa shape index (κ3) is 2.39. The molecule has 1 heterocycles. The molecule has 0 fully saturated rings. The van der Waals surface area contributed by atoms with Gasteiger partial charge in [-0.25, -0.2) is 4.39 Å². The average molecular weight is 274 g/mol. The molecule has 0 bridgehead atoms. The molecule has 0 aliphatic rings. The van der Waals surface area contributed by atoms with E-state index in [2.05, 4.69) is 0 Å². The summed E-state index contributed by atoms with van der Waals surface area (Å²) in [5.74, 6) is 0.634. The summed E-state index contributed by atoms with van der Waals surface area (Å²) < 4.78 is 19.2. The first-order chi connectivity index (χ1) is 9.24. The maximum atomic E-state index is 12.8. The topological polar surface area (TPSA) is 29.5 Å². The number of phenolic OH excluding ortho intramolecular Hbond substituents is 1. The predicted octanol–water partition coefficient (Wildman–Crippen LogP) is 4.33. The summed E-state index contributed by atoms with van der Waals surface area (Å²) in [6.07, 6.45) is 0. The minimum absolute atomic E-state index is 0.279. The van der Waals surface area contributed by atoms with Crippen LogP contribution in [0.15, 0.2) is 47.8 Å². The van der Waals surface area contributed by atoms with E-state index in [0.29, 0.717) is 12.4 Å². The average Bonchev–Trinajstić information content (AvgIpc) is 2.83. The Kier molecular flexibility index (Phi) is 3.09. The molecular formula is C15H11FO2S. The standard InChI is InChI=1S/C15H11FO2S/c16-11-4-6-12(7-5-11)18-8-10-9-19-15-13(10)2-1-3-14(15)17/h1-7,9,17H,8H2. The number of hydrogen-bond donors (Lipinski definition) is 1. The Balaban J connectivity index is 1.82. The summed E-state index contributed by atoms with van der Waals surface area (Å²) in [6.45, 7) is 0.398. The second-order valence-corrected chi connectivity index (χ2v) is 5.04. The van der Waals surface area contributed by atoms with Gasteiger partial charge in [0.15, 0.2) is 0 Å². The lowest BCUT2D eigenvalue weighted by Crippen LogP contribution is -1.94. The molecule has 0 amide bonds. The van der Waals surface area contributed by atoms with Gasteiger partial charge in [0.1, 0.15) is 23.9 Å². The maximum Gasteiger partial charge on any atom is 0.133 e. The number of fused-ring (bicyclic) bond motifs is 1. The molecule has 2 aromatic carbocycles. The zero-order valence-electron chi connectivity index (χ0n) is 9.97. The van der Waals surface area contributed by atoms with Crippen molar-refractivity contribution < 1.29 is 14.2 Å². The van der Waals surface area contributed by atoms with Crippen LogP contribution in [0.25, 0.3) is 10.1 Å². The Hall–Kier alpha value is -2.07. The molecule has 0 atom stereocenters. The van der Waals surface area contributed by atoms with Crippen LogP contribution in [0.2, 0.25) is 0 Å². The summed E-state index contributed by atoms with van der Waals surface area (Å²) in [7, 11) is 0. The molecule has 1 aromatic heterocycles. The Morgan fingerprint density at radius 2 is 1.89 bits per heavy atom. The van der Waals surface area contributed by atoms with Gasteiger partial charge in [0.2, 0.25) is 0 Å². The molecule has 3 rings (SSSR count). The number of thiophene rings is 1. The fourth-order valence-electron chi connectivity index (χ4n) is 1.90. The highest BCUT2D eigenvalue weighted by Crippen LogP contribution is 2.33. The highest BCUT2D eigenvalue weighted by Gasteiger charge is 2.07. The van der Waals surface area contributed by atoms with Crippen molar-refractivity contribution in [1.29, 1.82) is 0 Å². The quantitative estimate of drug-likeness (QED) is 0.770. The number of halogens is 1. The smallest absolute Gasteiger partial charge is 0.133 e. The fraction of sp³-hybridized carbons (Fsp3) is 0.0667. The van der Waals surface area contributed by atoms with Crippen LogP contribution in [0.1, 0.15) is 5.56 Å². The Morgan fingerprint density at radius 1 is 1.11 bits per heavy atom. The number of aromatic hydroxyl groups is 1. The Morgan fingerprint density at radius 3 is 2.68 bits per heavy atom. The lowest BCUT2D eigenvalue weighted by Gasteiger charge is -2.05. The van der Waals surface area contributed by atoms with Crippen molar-refractivity contribution in [2.24, 2.45) is 0 Å². The molecule has 1 N–H and O–H groups in total. The van der Waals surface area contributed by atoms with Crippen LogP contribution < -0.4 is 4.74 Å². The van der Waals surface area contributed by atoms with Gasteiger partial charge in [0, 0.05) is 10.9 Å². The van der Waals surface area contributed by atoms with Gasteiger partial charge in [-0.15, -0.1) is 11.3 Å². The van der Waals surface area contributed by atoms with Crippen molar-refractivity contribution >= 4 is 21.4 Å². The molecule has 3 aromatic rings. The van der Waals surface area contributed by atoms with Crippen molar-refractivity contribution in [2.45, 2.75) is 6.61 Å². The van der Waals surface area contributed by atoms with E-state index in [0.717, 1.165) is 15.6 Å². The fourth-order valence-corrected chi connectivity index (χ4v) is 2.87. The van der Waals surface area contributed by atoms with Crippen LogP contribution >= 0.6 is 11.3 Å². The lowest BCUT2D eigenvalue weighted by molar-refractivity contribution is 0.307. The van der Waals surface area contributed by atoms with E-state index in [4.69, 9.17) is 4.74 Å². The molecule has 0 aliphatic heterocycles. The van der Waals surface area contributed by atoms with E-state index >= 15 is 0 Å². The van der Waals surface area contributed by atoms with Crippen LogP contribution in [0.3, 0.4) is 0 Å². The van der Waals surface area contributed by atoms with Crippen molar-refractivity contribution in [3.63, 3.8) is 0 Å². The summed E-state index contributed by atoms with van der Waals surface area (Å²) in [4.78, 5) is 0. The molecule has 96 valence electrons. The molecule has 0 unspecified atom stereocenters. The predicted molar refractivity (Wildman–Crippen MR) is 74.2 cm³/mol. The van der Waals surface area contributed by atoms with Crippen molar-refractivity contribution in [3.8, 4) is 11.5 Å². The normalized spacial score (nSPS) is 10.8. The van der Waals surface area contributed by atoms with Gasteiger partial charge in [-0.05, 0) is 35.7 Å². The van der Waals surface area contributed by atoms with Gasteiger partial charge < -0.3 is 9.84 Å². The third-order valence-corrected chi connectivity index (χ3v) is 3.93. The van der Waals surface area contributed by atoms with Crippen LogP contribution in [-0.2, 0) is 6.61 Å². The van der Waals surface area contributed by atoms with E-state index in [1.54, 1.807) is 18.2 Å². The SMILES string of the molecule is Oc1cccc2c(COc3ccc(F)cc3)csc12. The van der Waals surface area contributed by atoms with Gasteiger partial charge in [-0.2, -0.15) is 0 Å². The molecule has 0 aliphatic carbocycles. The van der Waals surface area contributed by atoms with Gasteiger partial charge in [0.05, 0.1) is 4.70 Å². The molecule has 0 saturated heterocycles. The summed E-state index contributed by atoms with van der Waals surface area (Å²) in [6, 6.07) is 11.4. The first-order valence-electron chi connectivity index (χ1n) is 5.80. The molecule has 2 nitrogen and oxygen atoms in total. The number of ether oxygens (including phenoxy) is 1. The van der Waals surface area contributed by atoms with Crippen LogP contribution in [0, 0.1) is 5.82 Å². The first kappa shape index (κ1) is 12.0. The molecule has 0 saturated carbocycles. The van der Waals surface area contributed by atoms with Gasteiger partial charge >= 0.3 is 0 Å². The minimum atomic E-state index is -0.279. The summed E-state index contributed by atoms with van der Waals surface area (Å²) >= 11 is 1.49. The van der Waals surface area contributed by atoms with E-state index in [1.165, 1.54) is 23.5 Å². The molecular weight excluding hydrogens is 263 g/mol. The number of rotatable bonds is 3. The summed E-state index contributed by atoms with van der Waals surface area (Å²) in [5, 5.41) is 12.7. The Labute approximate surface area is 113 Å². The van der Waals surface area contributed by atoms with E-state index in [-0.39, 0.29) is 11.6 Å². The zero-order valence-corrected chi connectivity index (χ0v) is 10.8. The molecule has 4 heteroatoms. The lowest BCUT2D eigenvalue weighted by atomic mass is 10.2. The highest BCUT2D eigenvalue weighted by molar-refractivity contribution is 7.17.